The minimum Gasteiger partial charge on any atom is -0.379 e. The summed E-state index contributed by atoms with van der Waals surface area (Å²) < 4.78 is 11.0. The SMILES string of the molecule is CC1(CCOCCOCCN)CC2CC3CC3(C2)C1. The second kappa shape index (κ2) is 5.34. The van der Waals surface area contributed by atoms with E-state index in [1.165, 1.54) is 32.1 Å². The van der Waals surface area contributed by atoms with Crippen LogP contribution in [0.2, 0.25) is 0 Å². The fourth-order valence-electron chi connectivity index (χ4n) is 5.05. The van der Waals surface area contributed by atoms with Gasteiger partial charge >= 0.3 is 0 Å². The molecular formula is C16H29NO2. The quantitative estimate of drug-likeness (QED) is 0.687. The predicted molar refractivity (Wildman–Crippen MR) is 75.9 cm³/mol. The van der Waals surface area contributed by atoms with E-state index in [0.717, 1.165) is 23.9 Å². The molecular weight excluding hydrogens is 238 g/mol. The van der Waals surface area contributed by atoms with Gasteiger partial charge in [0.2, 0.25) is 0 Å². The van der Waals surface area contributed by atoms with Crippen LogP contribution in [-0.4, -0.2) is 33.0 Å². The van der Waals surface area contributed by atoms with Crippen LogP contribution in [0.4, 0.5) is 0 Å². The molecule has 0 aliphatic heterocycles. The van der Waals surface area contributed by atoms with Crippen molar-refractivity contribution in [3.05, 3.63) is 0 Å². The van der Waals surface area contributed by atoms with E-state index in [1.54, 1.807) is 6.42 Å². The number of fused-ring (bicyclic) bond motifs is 1. The summed E-state index contributed by atoms with van der Waals surface area (Å²) in [6, 6.07) is 0. The van der Waals surface area contributed by atoms with Gasteiger partial charge in [-0.3, -0.25) is 0 Å². The zero-order valence-corrected chi connectivity index (χ0v) is 12.3. The monoisotopic (exact) mass is 267 g/mol. The van der Waals surface area contributed by atoms with Crippen LogP contribution in [0.5, 0.6) is 0 Å². The molecule has 0 saturated heterocycles. The van der Waals surface area contributed by atoms with Crippen LogP contribution in [0.3, 0.4) is 0 Å². The summed E-state index contributed by atoms with van der Waals surface area (Å²) in [5, 5.41) is 0. The van der Waals surface area contributed by atoms with Gasteiger partial charge in [0.1, 0.15) is 0 Å². The smallest absolute Gasteiger partial charge is 0.0701 e. The maximum Gasteiger partial charge on any atom is 0.0701 e. The van der Waals surface area contributed by atoms with E-state index in [-0.39, 0.29) is 0 Å². The Kier molecular flexibility index (Phi) is 3.89. The van der Waals surface area contributed by atoms with E-state index in [4.69, 9.17) is 15.2 Å². The van der Waals surface area contributed by atoms with Crippen molar-refractivity contribution >= 4 is 0 Å². The second-order valence-corrected chi connectivity index (χ2v) is 7.52. The first kappa shape index (κ1) is 13.8. The van der Waals surface area contributed by atoms with Gasteiger partial charge < -0.3 is 15.2 Å². The molecule has 3 fully saturated rings. The highest BCUT2D eigenvalue weighted by molar-refractivity contribution is 5.14. The van der Waals surface area contributed by atoms with E-state index in [1.807, 2.05) is 0 Å². The Labute approximate surface area is 117 Å². The van der Waals surface area contributed by atoms with Gasteiger partial charge in [0.25, 0.3) is 0 Å². The Balaban J connectivity index is 1.34. The summed E-state index contributed by atoms with van der Waals surface area (Å²) in [4.78, 5) is 0. The van der Waals surface area contributed by atoms with Crippen molar-refractivity contribution in [1.29, 1.82) is 0 Å². The van der Waals surface area contributed by atoms with Gasteiger partial charge in [0.05, 0.1) is 19.8 Å². The molecule has 3 saturated carbocycles. The molecule has 3 aliphatic carbocycles. The summed E-state index contributed by atoms with van der Waals surface area (Å²) in [6.07, 6.45) is 8.75. The lowest BCUT2D eigenvalue weighted by Gasteiger charge is -2.40. The standard InChI is InChI=1S/C16H29NO2/c1-15(2-4-18-6-7-19-5-3-17)9-13-8-14-11-16(14,10-13)12-15/h13-14H,2-12,17H2,1H3. The molecule has 0 heterocycles. The van der Waals surface area contributed by atoms with Crippen LogP contribution in [0.1, 0.15) is 45.4 Å². The first-order valence-corrected chi connectivity index (χ1v) is 8.01. The molecule has 0 aromatic rings. The van der Waals surface area contributed by atoms with Gasteiger partial charge in [-0.05, 0) is 61.2 Å². The average molecular weight is 267 g/mol. The highest BCUT2D eigenvalue weighted by Crippen LogP contribution is 2.74. The number of hydrogen-bond donors (Lipinski definition) is 1. The van der Waals surface area contributed by atoms with E-state index < -0.39 is 0 Å². The summed E-state index contributed by atoms with van der Waals surface area (Å²) >= 11 is 0. The minimum atomic E-state index is 0.548. The molecule has 0 amide bonds. The molecule has 3 aliphatic rings. The minimum absolute atomic E-state index is 0.548. The number of ether oxygens (including phenoxy) is 2. The molecule has 3 rings (SSSR count). The van der Waals surface area contributed by atoms with Crippen LogP contribution in [0.15, 0.2) is 0 Å². The third kappa shape index (κ3) is 2.98. The third-order valence-corrected chi connectivity index (χ3v) is 5.72. The molecule has 0 radical (unpaired) electrons. The van der Waals surface area contributed by atoms with Gasteiger partial charge in [-0.25, -0.2) is 0 Å². The van der Waals surface area contributed by atoms with Crippen molar-refractivity contribution in [2.75, 3.05) is 33.0 Å². The topological polar surface area (TPSA) is 44.5 Å². The van der Waals surface area contributed by atoms with Gasteiger partial charge in [0, 0.05) is 13.2 Å². The maximum absolute atomic E-state index is 5.72. The van der Waals surface area contributed by atoms with Gasteiger partial charge in [-0.15, -0.1) is 0 Å². The summed E-state index contributed by atoms with van der Waals surface area (Å²) in [7, 11) is 0. The lowest BCUT2D eigenvalue weighted by molar-refractivity contribution is 0.0224. The highest BCUT2D eigenvalue weighted by Gasteiger charge is 2.64. The fourth-order valence-corrected chi connectivity index (χ4v) is 5.05. The van der Waals surface area contributed by atoms with Crippen LogP contribution >= 0.6 is 0 Å². The molecule has 3 nitrogen and oxygen atoms in total. The van der Waals surface area contributed by atoms with Gasteiger partial charge in [0.15, 0.2) is 0 Å². The van der Waals surface area contributed by atoms with E-state index >= 15 is 0 Å². The molecule has 4 unspecified atom stereocenters. The van der Waals surface area contributed by atoms with Crippen molar-refractivity contribution in [2.24, 2.45) is 28.4 Å². The molecule has 1 spiro atoms. The first-order chi connectivity index (χ1) is 9.16. The van der Waals surface area contributed by atoms with Crippen molar-refractivity contribution in [3.8, 4) is 0 Å². The third-order valence-electron chi connectivity index (χ3n) is 5.72. The summed E-state index contributed by atoms with van der Waals surface area (Å²) in [5.41, 5.74) is 6.71. The number of nitrogens with two attached hydrogens (primary N) is 1. The Morgan fingerprint density at radius 1 is 1.05 bits per heavy atom. The summed E-state index contributed by atoms with van der Waals surface area (Å²) in [5.74, 6) is 2.13. The zero-order valence-electron chi connectivity index (χ0n) is 12.3. The zero-order chi connectivity index (χ0) is 13.3. The van der Waals surface area contributed by atoms with E-state index in [2.05, 4.69) is 6.92 Å². The van der Waals surface area contributed by atoms with Crippen molar-refractivity contribution in [2.45, 2.75) is 45.4 Å². The maximum atomic E-state index is 5.72. The normalized spacial score (nSPS) is 43.3. The highest BCUT2D eigenvalue weighted by atomic mass is 16.5. The second-order valence-electron chi connectivity index (χ2n) is 7.52. The molecule has 2 bridgehead atoms. The molecule has 2 N–H and O–H groups in total. The van der Waals surface area contributed by atoms with E-state index in [9.17, 15) is 0 Å². The number of hydrogen-bond acceptors (Lipinski definition) is 3. The Bertz CT molecular complexity index is 322. The Hall–Kier alpha value is -0.120. The predicted octanol–water partition coefficient (Wildman–Crippen LogP) is 2.58. The Morgan fingerprint density at radius 3 is 2.58 bits per heavy atom. The van der Waals surface area contributed by atoms with Crippen LogP contribution in [0, 0.1) is 22.7 Å². The van der Waals surface area contributed by atoms with Crippen molar-refractivity contribution in [3.63, 3.8) is 0 Å². The number of rotatable bonds is 8. The first-order valence-electron chi connectivity index (χ1n) is 8.01. The van der Waals surface area contributed by atoms with Crippen molar-refractivity contribution < 1.29 is 9.47 Å². The lowest BCUT2D eigenvalue weighted by Crippen LogP contribution is -2.30. The van der Waals surface area contributed by atoms with Gasteiger partial charge in [-0.2, -0.15) is 0 Å². The molecule has 3 heteroatoms. The fraction of sp³-hybridized carbons (Fsp3) is 1.00. The molecule has 0 aromatic heterocycles. The average Bonchev–Trinajstić information content (AvgIpc) is 2.89. The lowest BCUT2D eigenvalue weighted by atomic mass is 9.66. The molecule has 19 heavy (non-hydrogen) atoms. The molecule has 110 valence electrons. The largest absolute Gasteiger partial charge is 0.379 e. The van der Waals surface area contributed by atoms with Crippen molar-refractivity contribution in [1.82, 2.24) is 0 Å². The Morgan fingerprint density at radius 2 is 1.84 bits per heavy atom. The van der Waals surface area contributed by atoms with Crippen LogP contribution < -0.4 is 5.73 Å². The molecule has 4 atom stereocenters. The van der Waals surface area contributed by atoms with Gasteiger partial charge in [-0.1, -0.05) is 6.92 Å². The van der Waals surface area contributed by atoms with Crippen LogP contribution in [-0.2, 0) is 9.47 Å². The summed E-state index contributed by atoms with van der Waals surface area (Å²) in [6.45, 7) is 6.04. The molecule has 0 aromatic carbocycles. The van der Waals surface area contributed by atoms with E-state index in [0.29, 0.717) is 31.8 Å². The van der Waals surface area contributed by atoms with Crippen LogP contribution in [0.25, 0.3) is 0 Å².